The number of aliphatic hydroxyl groups excluding tert-OH is 1. The van der Waals surface area contributed by atoms with Gasteiger partial charge in [-0.2, -0.15) is 0 Å². The molecule has 1 N–H and O–H groups in total. The molecule has 0 bridgehead atoms. The first-order valence-corrected chi connectivity index (χ1v) is 4.45. The topological polar surface area (TPSA) is 20.2 Å². The number of hydrogen-bond acceptors (Lipinski definition) is 1. The van der Waals surface area contributed by atoms with Crippen molar-refractivity contribution in [3.63, 3.8) is 0 Å². The molecule has 1 fully saturated rings. The van der Waals surface area contributed by atoms with Gasteiger partial charge in [-0.3, -0.25) is 0 Å². The zero-order chi connectivity index (χ0) is 7.40. The quantitative estimate of drug-likeness (QED) is 0.583. The summed E-state index contributed by atoms with van der Waals surface area (Å²) in [6, 6.07) is 0. The van der Waals surface area contributed by atoms with Crippen molar-refractivity contribution < 1.29 is 5.11 Å². The van der Waals surface area contributed by atoms with Gasteiger partial charge in [0.05, 0.1) is 0 Å². The average molecular weight is 142 g/mol. The van der Waals surface area contributed by atoms with Gasteiger partial charge in [0.25, 0.3) is 0 Å². The first kappa shape index (κ1) is 8.06. The molecule has 10 heavy (non-hydrogen) atoms. The lowest BCUT2D eigenvalue weighted by Gasteiger charge is -1.96. The van der Waals surface area contributed by atoms with Gasteiger partial charge in [-0.05, 0) is 24.7 Å². The minimum absolute atomic E-state index is 0.375. The van der Waals surface area contributed by atoms with Gasteiger partial charge in [0.1, 0.15) is 0 Å². The van der Waals surface area contributed by atoms with Crippen LogP contribution < -0.4 is 0 Å². The van der Waals surface area contributed by atoms with E-state index in [4.69, 9.17) is 5.11 Å². The molecule has 1 aliphatic rings. The van der Waals surface area contributed by atoms with Gasteiger partial charge in [-0.15, -0.1) is 0 Å². The molecule has 1 saturated carbocycles. The Kier molecular flexibility index (Phi) is 3.20. The van der Waals surface area contributed by atoms with Crippen LogP contribution in [0.4, 0.5) is 0 Å². The predicted octanol–water partition coefficient (Wildman–Crippen LogP) is 2.20. The summed E-state index contributed by atoms with van der Waals surface area (Å²) in [5.74, 6) is 2.05. The highest BCUT2D eigenvalue weighted by Gasteiger charge is 2.31. The standard InChI is InChI=1S/C9H18O/c1-8-7-9(8)5-3-2-4-6-10/h8-10H,2-7H2,1H3. The van der Waals surface area contributed by atoms with Crippen LogP contribution in [0.1, 0.15) is 39.0 Å². The number of unbranched alkanes of at least 4 members (excludes halogenated alkanes) is 2. The van der Waals surface area contributed by atoms with Crippen molar-refractivity contribution in [1.29, 1.82) is 0 Å². The Morgan fingerprint density at radius 3 is 2.50 bits per heavy atom. The SMILES string of the molecule is CC1CC1CCCCCO. The van der Waals surface area contributed by atoms with Crippen molar-refractivity contribution >= 4 is 0 Å². The second kappa shape index (κ2) is 3.97. The molecule has 60 valence electrons. The van der Waals surface area contributed by atoms with Gasteiger partial charge in [0, 0.05) is 6.61 Å². The third kappa shape index (κ3) is 2.70. The minimum Gasteiger partial charge on any atom is -0.396 e. The Labute approximate surface area is 63.4 Å². The molecule has 0 saturated heterocycles. The Balaban J connectivity index is 1.78. The minimum atomic E-state index is 0.375. The fourth-order valence-corrected chi connectivity index (χ4v) is 1.50. The first-order valence-electron chi connectivity index (χ1n) is 4.45. The molecule has 0 aromatic carbocycles. The fourth-order valence-electron chi connectivity index (χ4n) is 1.50. The summed E-state index contributed by atoms with van der Waals surface area (Å²) in [4.78, 5) is 0. The summed E-state index contributed by atoms with van der Waals surface area (Å²) in [5.41, 5.74) is 0. The molecule has 0 amide bonds. The summed E-state index contributed by atoms with van der Waals surface area (Å²) in [5, 5.41) is 8.50. The maximum atomic E-state index is 8.50. The van der Waals surface area contributed by atoms with E-state index in [1.807, 2.05) is 0 Å². The van der Waals surface area contributed by atoms with Crippen LogP contribution in [0.3, 0.4) is 0 Å². The molecule has 2 unspecified atom stereocenters. The predicted molar refractivity (Wildman–Crippen MR) is 42.8 cm³/mol. The molecule has 1 aliphatic carbocycles. The van der Waals surface area contributed by atoms with E-state index in [0.29, 0.717) is 6.61 Å². The van der Waals surface area contributed by atoms with E-state index in [-0.39, 0.29) is 0 Å². The van der Waals surface area contributed by atoms with E-state index in [1.165, 1.54) is 25.7 Å². The number of hydrogen-bond donors (Lipinski definition) is 1. The molecule has 1 heteroatoms. The molecule has 1 rings (SSSR count). The molecule has 0 spiro atoms. The first-order chi connectivity index (χ1) is 4.84. The van der Waals surface area contributed by atoms with Crippen molar-refractivity contribution in [1.82, 2.24) is 0 Å². The molecule has 0 aromatic rings. The van der Waals surface area contributed by atoms with E-state index in [2.05, 4.69) is 6.92 Å². The van der Waals surface area contributed by atoms with Crippen LogP contribution >= 0.6 is 0 Å². The third-order valence-electron chi connectivity index (χ3n) is 2.51. The zero-order valence-corrected chi connectivity index (χ0v) is 6.84. The number of rotatable bonds is 5. The van der Waals surface area contributed by atoms with E-state index < -0.39 is 0 Å². The van der Waals surface area contributed by atoms with Gasteiger partial charge in [-0.1, -0.05) is 26.2 Å². The molecule has 0 aliphatic heterocycles. The van der Waals surface area contributed by atoms with Crippen LogP contribution in [0.5, 0.6) is 0 Å². The normalized spacial score (nSPS) is 30.6. The summed E-state index contributed by atoms with van der Waals surface area (Å²) < 4.78 is 0. The van der Waals surface area contributed by atoms with Crippen LogP contribution in [0.15, 0.2) is 0 Å². The van der Waals surface area contributed by atoms with Gasteiger partial charge in [-0.25, -0.2) is 0 Å². The molecule has 0 aromatic heterocycles. The van der Waals surface area contributed by atoms with Crippen molar-refractivity contribution in [2.24, 2.45) is 11.8 Å². The highest BCUT2D eigenvalue weighted by atomic mass is 16.2. The van der Waals surface area contributed by atoms with Crippen LogP contribution in [0.2, 0.25) is 0 Å². The Hall–Kier alpha value is -0.0400. The second-order valence-electron chi connectivity index (χ2n) is 3.55. The Morgan fingerprint density at radius 2 is 2.00 bits per heavy atom. The van der Waals surface area contributed by atoms with Crippen LogP contribution in [0, 0.1) is 11.8 Å². The lowest BCUT2D eigenvalue weighted by molar-refractivity contribution is 0.282. The van der Waals surface area contributed by atoms with Crippen LogP contribution in [-0.4, -0.2) is 11.7 Å². The van der Waals surface area contributed by atoms with E-state index >= 15 is 0 Å². The zero-order valence-electron chi connectivity index (χ0n) is 6.84. The maximum Gasteiger partial charge on any atom is 0.0431 e. The summed E-state index contributed by atoms with van der Waals surface area (Å²) in [6.45, 7) is 2.71. The smallest absolute Gasteiger partial charge is 0.0431 e. The molecule has 1 nitrogen and oxygen atoms in total. The van der Waals surface area contributed by atoms with Crippen molar-refractivity contribution in [2.45, 2.75) is 39.0 Å². The molecule has 0 radical (unpaired) electrons. The van der Waals surface area contributed by atoms with E-state index in [9.17, 15) is 0 Å². The van der Waals surface area contributed by atoms with Gasteiger partial charge in [0.2, 0.25) is 0 Å². The van der Waals surface area contributed by atoms with Crippen LogP contribution in [0.25, 0.3) is 0 Å². The molecule has 2 atom stereocenters. The van der Waals surface area contributed by atoms with E-state index in [1.54, 1.807) is 0 Å². The van der Waals surface area contributed by atoms with Crippen molar-refractivity contribution in [3.8, 4) is 0 Å². The van der Waals surface area contributed by atoms with Crippen LogP contribution in [-0.2, 0) is 0 Å². The van der Waals surface area contributed by atoms with Crippen molar-refractivity contribution in [2.75, 3.05) is 6.61 Å². The maximum absolute atomic E-state index is 8.50. The molecular weight excluding hydrogens is 124 g/mol. The summed E-state index contributed by atoms with van der Waals surface area (Å²) >= 11 is 0. The van der Waals surface area contributed by atoms with Gasteiger partial charge in [0.15, 0.2) is 0 Å². The lowest BCUT2D eigenvalue weighted by atomic mass is 10.1. The van der Waals surface area contributed by atoms with Gasteiger partial charge >= 0.3 is 0 Å². The largest absolute Gasteiger partial charge is 0.396 e. The van der Waals surface area contributed by atoms with Crippen molar-refractivity contribution in [3.05, 3.63) is 0 Å². The third-order valence-corrected chi connectivity index (χ3v) is 2.51. The second-order valence-corrected chi connectivity index (χ2v) is 3.55. The molecular formula is C9H18O. The molecule has 0 heterocycles. The fraction of sp³-hybridized carbons (Fsp3) is 1.00. The highest BCUT2D eigenvalue weighted by Crippen LogP contribution is 2.41. The summed E-state index contributed by atoms with van der Waals surface area (Å²) in [6.07, 6.45) is 6.41. The lowest BCUT2D eigenvalue weighted by Crippen LogP contribution is -1.84. The summed E-state index contributed by atoms with van der Waals surface area (Å²) in [7, 11) is 0. The Morgan fingerprint density at radius 1 is 1.30 bits per heavy atom. The van der Waals surface area contributed by atoms with Gasteiger partial charge < -0.3 is 5.11 Å². The highest BCUT2D eigenvalue weighted by molar-refractivity contribution is 4.81. The Bertz CT molecular complexity index is 90.7. The monoisotopic (exact) mass is 142 g/mol. The average Bonchev–Trinajstić information content (AvgIpc) is 2.60. The number of aliphatic hydroxyl groups is 1. The van der Waals surface area contributed by atoms with E-state index in [0.717, 1.165) is 18.3 Å².